The molecule has 2 heterocycles. The van der Waals surface area contributed by atoms with Gasteiger partial charge in [-0.05, 0) is 19.3 Å². The van der Waals surface area contributed by atoms with Crippen LogP contribution in [0.5, 0.6) is 5.75 Å². The molecule has 20 heavy (non-hydrogen) atoms. The van der Waals surface area contributed by atoms with E-state index in [-0.39, 0.29) is 18.0 Å². The Hall–Kier alpha value is -1.49. The van der Waals surface area contributed by atoms with E-state index in [4.69, 9.17) is 15.2 Å². The normalized spacial score (nSPS) is 25.0. The number of morpholine rings is 1. The van der Waals surface area contributed by atoms with E-state index in [1.54, 1.807) is 6.07 Å². The molecule has 2 unspecified atom stereocenters. The first-order chi connectivity index (χ1) is 9.67. The number of nitrogens with two attached hydrogens (primary N) is 1. The summed E-state index contributed by atoms with van der Waals surface area (Å²) in [6.45, 7) is 4.14. The second kappa shape index (κ2) is 5.48. The molecule has 2 saturated heterocycles. The zero-order chi connectivity index (χ0) is 14.1. The lowest BCUT2D eigenvalue weighted by molar-refractivity contribution is 0.0305. The summed E-state index contributed by atoms with van der Waals surface area (Å²) in [5.41, 5.74) is 7.31. The van der Waals surface area contributed by atoms with Crippen LogP contribution in [-0.2, 0) is 4.74 Å². The number of halogens is 1. The van der Waals surface area contributed by atoms with E-state index in [0.29, 0.717) is 12.3 Å². The van der Waals surface area contributed by atoms with Crippen LogP contribution in [0.2, 0.25) is 0 Å². The van der Waals surface area contributed by atoms with Crippen molar-refractivity contribution in [3.05, 3.63) is 17.9 Å². The van der Waals surface area contributed by atoms with Crippen LogP contribution in [0.1, 0.15) is 26.2 Å². The number of benzene rings is 1. The van der Waals surface area contributed by atoms with Gasteiger partial charge < -0.3 is 20.1 Å². The molecule has 2 aliphatic heterocycles. The number of nitrogen functional groups attached to an aromatic ring is 1. The topological polar surface area (TPSA) is 47.7 Å². The summed E-state index contributed by atoms with van der Waals surface area (Å²) >= 11 is 0. The van der Waals surface area contributed by atoms with Crippen molar-refractivity contribution in [2.24, 2.45) is 0 Å². The van der Waals surface area contributed by atoms with Gasteiger partial charge >= 0.3 is 0 Å². The molecule has 2 aliphatic rings. The van der Waals surface area contributed by atoms with Crippen LogP contribution in [0.25, 0.3) is 0 Å². The van der Waals surface area contributed by atoms with Crippen molar-refractivity contribution >= 4 is 11.4 Å². The fourth-order valence-electron chi connectivity index (χ4n) is 2.97. The summed E-state index contributed by atoms with van der Waals surface area (Å²) < 4.78 is 25.1. The van der Waals surface area contributed by atoms with Gasteiger partial charge in [0.25, 0.3) is 0 Å². The fraction of sp³-hybridized carbons (Fsp3) is 0.600. The summed E-state index contributed by atoms with van der Waals surface area (Å²) in [5, 5.41) is 0. The molecule has 0 aromatic heterocycles. The van der Waals surface area contributed by atoms with E-state index >= 15 is 0 Å². The lowest BCUT2D eigenvalue weighted by Crippen LogP contribution is -2.42. The number of nitrogens with zero attached hydrogens (tertiary/aromatic N) is 1. The number of anilines is 2. The van der Waals surface area contributed by atoms with E-state index < -0.39 is 5.82 Å². The van der Waals surface area contributed by atoms with Crippen molar-refractivity contribution in [1.82, 2.24) is 0 Å². The maximum atomic E-state index is 13.8. The van der Waals surface area contributed by atoms with Gasteiger partial charge in [0.15, 0.2) is 11.6 Å². The summed E-state index contributed by atoms with van der Waals surface area (Å²) in [6.07, 6.45) is 3.60. The number of hydrogen-bond acceptors (Lipinski definition) is 4. The van der Waals surface area contributed by atoms with Crippen molar-refractivity contribution in [2.45, 2.75) is 38.4 Å². The lowest BCUT2D eigenvalue weighted by atomic mass is 10.2. The Labute approximate surface area is 118 Å². The third-order valence-corrected chi connectivity index (χ3v) is 3.93. The molecule has 4 nitrogen and oxygen atoms in total. The highest BCUT2D eigenvalue weighted by molar-refractivity contribution is 5.70. The van der Waals surface area contributed by atoms with Gasteiger partial charge in [0.2, 0.25) is 0 Å². The molecule has 2 atom stereocenters. The minimum absolute atomic E-state index is 0.276. The van der Waals surface area contributed by atoms with E-state index in [1.807, 2.05) is 6.92 Å². The van der Waals surface area contributed by atoms with Gasteiger partial charge in [-0.1, -0.05) is 6.92 Å². The largest absolute Gasteiger partial charge is 0.490 e. The third-order valence-electron chi connectivity index (χ3n) is 3.93. The predicted octanol–water partition coefficient (Wildman–Crippen LogP) is 2.56. The van der Waals surface area contributed by atoms with E-state index in [9.17, 15) is 4.39 Å². The highest BCUT2D eigenvalue weighted by Crippen LogP contribution is 2.35. The van der Waals surface area contributed by atoms with Crippen LogP contribution < -0.4 is 15.4 Å². The third kappa shape index (κ3) is 2.54. The van der Waals surface area contributed by atoms with Gasteiger partial charge in [0.1, 0.15) is 0 Å². The summed E-state index contributed by atoms with van der Waals surface area (Å²) in [5.74, 6) is -0.106. The van der Waals surface area contributed by atoms with Crippen LogP contribution in [0.15, 0.2) is 12.1 Å². The molecule has 2 fully saturated rings. The quantitative estimate of drug-likeness (QED) is 0.861. The number of ether oxygens (including phenoxy) is 2. The summed E-state index contributed by atoms with van der Waals surface area (Å²) in [7, 11) is 0. The Morgan fingerprint density at radius 2 is 2.05 bits per heavy atom. The molecule has 0 spiro atoms. The molecular formula is C15H21FN2O2. The zero-order valence-corrected chi connectivity index (χ0v) is 11.8. The average Bonchev–Trinajstić information content (AvgIpc) is 2.76. The van der Waals surface area contributed by atoms with Crippen LogP contribution >= 0.6 is 0 Å². The lowest BCUT2D eigenvalue weighted by Gasteiger charge is -2.34. The maximum absolute atomic E-state index is 13.8. The van der Waals surface area contributed by atoms with Crippen molar-refractivity contribution in [2.75, 3.05) is 30.3 Å². The Morgan fingerprint density at radius 3 is 2.70 bits per heavy atom. The van der Waals surface area contributed by atoms with Crippen molar-refractivity contribution < 1.29 is 13.9 Å². The molecule has 3 rings (SSSR count). The smallest absolute Gasteiger partial charge is 0.167 e. The SMILES string of the molecule is CCCOc1cc(N2CC3CCC(C2)O3)c(N)cc1F. The zero-order valence-electron chi connectivity index (χ0n) is 11.8. The van der Waals surface area contributed by atoms with Crippen LogP contribution in [0.3, 0.4) is 0 Å². The molecule has 110 valence electrons. The van der Waals surface area contributed by atoms with Gasteiger partial charge in [0.05, 0.1) is 30.2 Å². The first-order valence-electron chi connectivity index (χ1n) is 7.29. The molecule has 5 heteroatoms. The van der Waals surface area contributed by atoms with Gasteiger partial charge in [-0.25, -0.2) is 4.39 Å². The van der Waals surface area contributed by atoms with Crippen molar-refractivity contribution in [3.8, 4) is 5.75 Å². The molecule has 0 radical (unpaired) electrons. The number of hydrogen-bond donors (Lipinski definition) is 1. The Kier molecular flexibility index (Phi) is 3.70. The first-order valence-corrected chi connectivity index (χ1v) is 7.29. The molecule has 0 amide bonds. The average molecular weight is 280 g/mol. The molecule has 1 aromatic carbocycles. The van der Waals surface area contributed by atoms with Crippen molar-refractivity contribution in [1.29, 1.82) is 0 Å². The number of fused-ring (bicyclic) bond motifs is 2. The van der Waals surface area contributed by atoms with E-state index in [2.05, 4.69) is 4.90 Å². The standard InChI is InChI=1S/C15H21FN2O2/c1-2-5-19-15-7-14(13(17)6-12(15)16)18-8-10-3-4-11(9-18)20-10/h6-7,10-11H,2-5,8-9,17H2,1H3. The van der Waals surface area contributed by atoms with Crippen molar-refractivity contribution in [3.63, 3.8) is 0 Å². The molecule has 0 aliphatic carbocycles. The van der Waals surface area contributed by atoms with Crippen LogP contribution in [-0.4, -0.2) is 31.9 Å². The van der Waals surface area contributed by atoms with Gasteiger partial charge in [-0.2, -0.15) is 0 Å². The fourth-order valence-corrected chi connectivity index (χ4v) is 2.97. The predicted molar refractivity (Wildman–Crippen MR) is 76.7 cm³/mol. The molecular weight excluding hydrogens is 259 g/mol. The minimum Gasteiger partial charge on any atom is -0.490 e. The summed E-state index contributed by atoms with van der Waals surface area (Å²) in [4.78, 5) is 2.19. The van der Waals surface area contributed by atoms with Gasteiger partial charge in [-0.15, -0.1) is 0 Å². The molecule has 0 saturated carbocycles. The number of rotatable bonds is 4. The Morgan fingerprint density at radius 1 is 1.35 bits per heavy atom. The Balaban J connectivity index is 1.84. The molecule has 2 N–H and O–H groups in total. The highest BCUT2D eigenvalue weighted by Gasteiger charge is 2.34. The maximum Gasteiger partial charge on any atom is 0.167 e. The van der Waals surface area contributed by atoms with Crippen LogP contribution in [0.4, 0.5) is 15.8 Å². The first kappa shape index (κ1) is 13.5. The van der Waals surface area contributed by atoms with Gasteiger partial charge in [-0.3, -0.25) is 0 Å². The second-order valence-electron chi connectivity index (χ2n) is 5.55. The Bertz CT molecular complexity index is 483. The minimum atomic E-state index is -0.393. The molecule has 1 aromatic rings. The summed E-state index contributed by atoms with van der Waals surface area (Å²) in [6, 6.07) is 3.09. The monoisotopic (exact) mass is 280 g/mol. The highest BCUT2D eigenvalue weighted by atomic mass is 19.1. The second-order valence-corrected chi connectivity index (χ2v) is 5.55. The van der Waals surface area contributed by atoms with Gasteiger partial charge in [0, 0.05) is 25.2 Å². The van der Waals surface area contributed by atoms with E-state index in [0.717, 1.165) is 38.0 Å². The molecule has 2 bridgehead atoms. The van der Waals surface area contributed by atoms with E-state index in [1.165, 1.54) is 6.07 Å². The van der Waals surface area contributed by atoms with Crippen LogP contribution in [0, 0.1) is 5.82 Å².